The summed E-state index contributed by atoms with van der Waals surface area (Å²) in [7, 11) is 0. The maximum absolute atomic E-state index is 13.5. The van der Waals surface area contributed by atoms with Gasteiger partial charge in [0.25, 0.3) is 0 Å². The third-order valence-electron chi connectivity index (χ3n) is 3.10. The minimum absolute atomic E-state index is 0.152. The lowest BCUT2D eigenvalue weighted by Crippen LogP contribution is -2.28. The highest BCUT2D eigenvalue weighted by Gasteiger charge is 2.07. The number of hydrogen-bond acceptors (Lipinski definition) is 1. The van der Waals surface area contributed by atoms with Gasteiger partial charge in [-0.15, -0.1) is 0 Å². The first-order valence-corrected chi connectivity index (χ1v) is 6.84. The van der Waals surface area contributed by atoms with Gasteiger partial charge in [-0.3, -0.25) is 0 Å². The molecule has 0 aliphatic heterocycles. The lowest BCUT2D eigenvalue weighted by molar-refractivity contribution is 0.519. The van der Waals surface area contributed by atoms with E-state index in [1.165, 1.54) is 6.07 Å². The molecule has 0 radical (unpaired) electrons. The van der Waals surface area contributed by atoms with Crippen LogP contribution >= 0.6 is 11.6 Å². The average Bonchev–Trinajstić information content (AvgIpc) is 2.42. The zero-order valence-corrected chi connectivity index (χ0v) is 11.9. The second-order valence-electron chi connectivity index (χ2n) is 4.85. The van der Waals surface area contributed by atoms with Crippen molar-refractivity contribution in [1.29, 1.82) is 0 Å². The molecule has 1 nitrogen and oxygen atoms in total. The van der Waals surface area contributed by atoms with Crippen molar-refractivity contribution in [2.75, 3.05) is 0 Å². The highest BCUT2D eigenvalue weighted by molar-refractivity contribution is 6.30. The molecule has 2 rings (SSSR count). The van der Waals surface area contributed by atoms with Crippen LogP contribution in [0.1, 0.15) is 18.1 Å². The monoisotopic (exact) mass is 295 g/mol. The Morgan fingerprint density at radius 3 is 2.50 bits per heavy atom. The van der Waals surface area contributed by atoms with Crippen LogP contribution in [0.3, 0.4) is 0 Å². The second-order valence-corrected chi connectivity index (χ2v) is 5.28. The lowest BCUT2D eigenvalue weighted by atomic mass is 10.1. The molecular formula is C16H16ClF2N. The summed E-state index contributed by atoms with van der Waals surface area (Å²) in [6.45, 7) is 2.31. The summed E-state index contributed by atoms with van der Waals surface area (Å²) in [4.78, 5) is 0. The van der Waals surface area contributed by atoms with Gasteiger partial charge in [0.2, 0.25) is 0 Å². The fourth-order valence-electron chi connectivity index (χ4n) is 2.01. The predicted molar refractivity (Wildman–Crippen MR) is 77.8 cm³/mol. The van der Waals surface area contributed by atoms with Crippen molar-refractivity contribution in [3.8, 4) is 0 Å². The summed E-state index contributed by atoms with van der Waals surface area (Å²) < 4.78 is 26.5. The quantitative estimate of drug-likeness (QED) is 0.865. The van der Waals surface area contributed by atoms with E-state index < -0.39 is 11.6 Å². The summed E-state index contributed by atoms with van der Waals surface area (Å²) in [6.07, 6.45) is 0.800. The summed E-state index contributed by atoms with van der Waals surface area (Å²) in [5, 5.41) is 3.90. The first kappa shape index (κ1) is 14.9. The standard InChI is InChI=1S/C16H16ClF2N/c1-11(8-12-2-4-14(17)5-3-12)20-10-13-9-15(18)6-7-16(13)19/h2-7,9,11,20H,8,10H2,1H3. The molecule has 0 heterocycles. The number of hydrogen-bond donors (Lipinski definition) is 1. The van der Waals surface area contributed by atoms with Crippen molar-refractivity contribution in [2.24, 2.45) is 0 Å². The molecule has 20 heavy (non-hydrogen) atoms. The molecule has 2 aromatic rings. The van der Waals surface area contributed by atoms with E-state index in [0.29, 0.717) is 17.1 Å². The fourth-order valence-corrected chi connectivity index (χ4v) is 2.14. The molecule has 0 fully saturated rings. The average molecular weight is 296 g/mol. The van der Waals surface area contributed by atoms with Gasteiger partial charge >= 0.3 is 0 Å². The molecule has 106 valence electrons. The van der Waals surface area contributed by atoms with Crippen LogP contribution in [-0.2, 0) is 13.0 Å². The van der Waals surface area contributed by atoms with Crippen molar-refractivity contribution in [2.45, 2.75) is 25.9 Å². The van der Waals surface area contributed by atoms with Crippen LogP contribution in [0, 0.1) is 11.6 Å². The molecule has 1 N–H and O–H groups in total. The molecule has 1 atom stereocenters. The van der Waals surface area contributed by atoms with Crippen LogP contribution in [0.5, 0.6) is 0 Å². The van der Waals surface area contributed by atoms with Crippen LogP contribution in [0.4, 0.5) is 8.78 Å². The molecule has 0 bridgehead atoms. The Morgan fingerprint density at radius 2 is 1.80 bits per heavy atom. The Hall–Kier alpha value is -1.45. The molecule has 0 aliphatic rings. The number of nitrogens with one attached hydrogen (secondary N) is 1. The Balaban J connectivity index is 1.90. The Kier molecular flexibility index (Phi) is 5.10. The number of rotatable bonds is 5. The molecule has 0 amide bonds. The largest absolute Gasteiger partial charge is 0.310 e. The lowest BCUT2D eigenvalue weighted by Gasteiger charge is -2.14. The fraction of sp³-hybridized carbons (Fsp3) is 0.250. The van der Waals surface area contributed by atoms with E-state index in [1.807, 2.05) is 31.2 Å². The van der Waals surface area contributed by atoms with E-state index >= 15 is 0 Å². The van der Waals surface area contributed by atoms with Gasteiger partial charge < -0.3 is 5.32 Å². The zero-order chi connectivity index (χ0) is 14.5. The Labute approximate surface area is 122 Å². The summed E-state index contributed by atoms with van der Waals surface area (Å²) >= 11 is 5.83. The van der Waals surface area contributed by atoms with Gasteiger partial charge in [0.05, 0.1) is 0 Å². The molecule has 0 saturated carbocycles. The van der Waals surface area contributed by atoms with E-state index in [9.17, 15) is 8.78 Å². The van der Waals surface area contributed by atoms with Gasteiger partial charge in [-0.1, -0.05) is 23.7 Å². The van der Waals surface area contributed by atoms with E-state index in [4.69, 9.17) is 11.6 Å². The molecule has 0 saturated heterocycles. The van der Waals surface area contributed by atoms with Crippen molar-refractivity contribution in [3.05, 3.63) is 70.2 Å². The summed E-state index contributed by atoms with van der Waals surface area (Å²) in [5.74, 6) is -0.814. The van der Waals surface area contributed by atoms with Gasteiger partial charge in [-0.05, 0) is 49.2 Å². The van der Waals surface area contributed by atoms with Gasteiger partial charge in [0, 0.05) is 23.2 Å². The normalized spacial score (nSPS) is 12.4. The molecule has 1 unspecified atom stereocenters. The molecule has 4 heteroatoms. The third kappa shape index (κ3) is 4.29. The van der Waals surface area contributed by atoms with Crippen molar-refractivity contribution < 1.29 is 8.78 Å². The van der Waals surface area contributed by atoms with Crippen LogP contribution in [0.25, 0.3) is 0 Å². The summed E-state index contributed by atoms with van der Waals surface area (Å²) in [6, 6.07) is 11.3. The molecule has 0 aromatic heterocycles. The van der Waals surface area contributed by atoms with Crippen molar-refractivity contribution in [3.63, 3.8) is 0 Å². The number of halogens is 3. The van der Waals surface area contributed by atoms with E-state index in [1.54, 1.807) is 0 Å². The van der Waals surface area contributed by atoms with Crippen LogP contribution in [-0.4, -0.2) is 6.04 Å². The minimum Gasteiger partial charge on any atom is -0.310 e. The smallest absolute Gasteiger partial charge is 0.127 e. The maximum Gasteiger partial charge on any atom is 0.127 e. The summed E-state index contributed by atoms with van der Waals surface area (Å²) in [5.41, 5.74) is 1.49. The SMILES string of the molecule is CC(Cc1ccc(Cl)cc1)NCc1cc(F)ccc1F. The minimum atomic E-state index is -0.423. The van der Waals surface area contributed by atoms with Gasteiger partial charge in [-0.2, -0.15) is 0 Å². The Morgan fingerprint density at radius 1 is 1.10 bits per heavy atom. The van der Waals surface area contributed by atoms with E-state index in [0.717, 1.165) is 24.1 Å². The molecule has 2 aromatic carbocycles. The predicted octanol–water partition coefficient (Wildman–Crippen LogP) is 4.34. The molecule has 0 aliphatic carbocycles. The first-order valence-electron chi connectivity index (χ1n) is 6.46. The molecular weight excluding hydrogens is 280 g/mol. The van der Waals surface area contributed by atoms with Crippen LogP contribution in [0.15, 0.2) is 42.5 Å². The van der Waals surface area contributed by atoms with E-state index in [2.05, 4.69) is 5.32 Å². The molecule has 0 spiro atoms. The van der Waals surface area contributed by atoms with Gasteiger partial charge in [0.1, 0.15) is 11.6 Å². The Bertz CT molecular complexity index is 569. The zero-order valence-electron chi connectivity index (χ0n) is 11.2. The van der Waals surface area contributed by atoms with Gasteiger partial charge in [0.15, 0.2) is 0 Å². The number of benzene rings is 2. The van der Waals surface area contributed by atoms with Gasteiger partial charge in [-0.25, -0.2) is 8.78 Å². The topological polar surface area (TPSA) is 12.0 Å². The maximum atomic E-state index is 13.5. The third-order valence-corrected chi connectivity index (χ3v) is 3.36. The highest BCUT2D eigenvalue weighted by Crippen LogP contribution is 2.12. The van der Waals surface area contributed by atoms with Crippen LogP contribution < -0.4 is 5.32 Å². The van der Waals surface area contributed by atoms with E-state index in [-0.39, 0.29) is 6.04 Å². The highest BCUT2D eigenvalue weighted by atomic mass is 35.5. The second kappa shape index (κ2) is 6.82. The van der Waals surface area contributed by atoms with Crippen LogP contribution in [0.2, 0.25) is 5.02 Å². The first-order chi connectivity index (χ1) is 9.54. The van der Waals surface area contributed by atoms with Crippen molar-refractivity contribution >= 4 is 11.6 Å². The van der Waals surface area contributed by atoms with Crippen molar-refractivity contribution in [1.82, 2.24) is 5.32 Å².